The van der Waals surface area contributed by atoms with Gasteiger partial charge < -0.3 is 10.1 Å². The summed E-state index contributed by atoms with van der Waals surface area (Å²) >= 11 is 4.35. The lowest BCUT2D eigenvalue weighted by atomic mass is 10.2. The van der Waals surface area contributed by atoms with Gasteiger partial charge in [0.1, 0.15) is 10.8 Å². The normalized spacial score (nSPS) is 10.2. The fourth-order valence-electron chi connectivity index (χ4n) is 1.62. The van der Waals surface area contributed by atoms with Crippen molar-refractivity contribution in [3.05, 3.63) is 51.1 Å². The topological polar surface area (TPSA) is 55.4 Å². The number of esters is 1. The monoisotopic (exact) mass is 371 g/mol. The van der Waals surface area contributed by atoms with Crippen molar-refractivity contribution in [2.24, 2.45) is 0 Å². The Morgan fingerprint density at radius 3 is 2.76 bits per heavy atom. The van der Waals surface area contributed by atoms with E-state index in [4.69, 9.17) is 4.74 Å². The zero-order valence-corrected chi connectivity index (χ0v) is 13.4. The van der Waals surface area contributed by atoms with Gasteiger partial charge in [-0.05, 0) is 52.5 Å². The van der Waals surface area contributed by atoms with Crippen molar-refractivity contribution < 1.29 is 18.7 Å². The number of rotatable bonds is 4. The van der Waals surface area contributed by atoms with Crippen LogP contribution in [0.1, 0.15) is 27.6 Å². The summed E-state index contributed by atoms with van der Waals surface area (Å²) in [4.78, 5) is 23.9. The molecule has 1 aromatic carbocycles. The van der Waals surface area contributed by atoms with Crippen LogP contribution in [0.15, 0.2) is 34.1 Å². The second-order valence-electron chi connectivity index (χ2n) is 3.96. The molecule has 7 heteroatoms. The van der Waals surface area contributed by atoms with Gasteiger partial charge in [0, 0.05) is 4.47 Å². The minimum atomic E-state index is -0.493. The van der Waals surface area contributed by atoms with E-state index in [2.05, 4.69) is 21.2 Å². The molecule has 0 aliphatic heterocycles. The number of carbonyl (C=O) groups excluding carboxylic acids is 2. The Kier molecular flexibility index (Phi) is 5.08. The molecule has 0 unspecified atom stereocenters. The quantitative estimate of drug-likeness (QED) is 0.823. The Morgan fingerprint density at radius 1 is 1.33 bits per heavy atom. The standard InChI is InChI=1S/C14H11BrFNO3S/c1-2-20-14(19)10-5-6-21-13(10)17-12(18)9-4-3-8(16)7-11(9)15/h3-7H,2H2,1H3,(H,17,18). The van der Waals surface area contributed by atoms with Crippen LogP contribution in [0.3, 0.4) is 0 Å². The van der Waals surface area contributed by atoms with Crippen molar-refractivity contribution in [1.82, 2.24) is 0 Å². The molecule has 2 aromatic rings. The molecule has 0 bridgehead atoms. The molecule has 0 spiro atoms. The van der Waals surface area contributed by atoms with E-state index in [1.165, 1.54) is 29.5 Å². The number of anilines is 1. The first-order valence-corrected chi connectivity index (χ1v) is 7.71. The van der Waals surface area contributed by atoms with Crippen molar-refractivity contribution in [3.63, 3.8) is 0 Å². The van der Waals surface area contributed by atoms with Gasteiger partial charge in [-0.25, -0.2) is 9.18 Å². The van der Waals surface area contributed by atoms with Gasteiger partial charge in [0.15, 0.2) is 0 Å². The van der Waals surface area contributed by atoms with E-state index < -0.39 is 17.7 Å². The summed E-state index contributed by atoms with van der Waals surface area (Å²) in [5.74, 6) is -1.37. The van der Waals surface area contributed by atoms with E-state index in [0.29, 0.717) is 15.0 Å². The number of nitrogens with one attached hydrogen (secondary N) is 1. The fourth-order valence-corrected chi connectivity index (χ4v) is 2.92. The van der Waals surface area contributed by atoms with Crippen molar-refractivity contribution in [2.75, 3.05) is 11.9 Å². The van der Waals surface area contributed by atoms with Crippen molar-refractivity contribution in [2.45, 2.75) is 6.92 Å². The zero-order chi connectivity index (χ0) is 15.4. The smallest absolute Gasteiger partial charge is 0.341 e. The molecule has 1 heterocycles. The summed E-state index contributed by atoms with van der Waals surface area (Å²) in [5, 5.41) is 4.71. The lowest BCUT2D eigenvalue weighted by Gasteiger charge is -2.07. The van der Waals surface area contributed by atoms with Crippen LogP contribution in [0, 0.1) is 5.82 Å². The molecule has 1 N–H and O–H groups in total. The number of halogens is 2. The molecule has 0 aliphatic rings. The van der Waals surface area contributed by atoms with Crippen LogP contribution in [0.4, 0.5) is 9.39 Å². The summed E-state index contributed by atoms with van der Waals surface area (Å²) in [5.41, 5.74) is 0.577. The van der Waals surface area contributed by atoms with Crippen LogP contribution in [-0.4, -0.2) is 18.5 Å². The van der Waals surface area contributed by atoms with Crippen molar-refractivity contribution in [1.29, 1.82) is 0 Å². The largest absolute Gasteiger partial charge is 0.462 e. The summed E-state index contributed by atoms with van der Waals surface area (Å²) < 4.78 is 18.3. The number of hydrogen-bond donors (Lipinski definition) is 1. The zero-order valence-electron chi connectivity index (χ0n) is 11.0. The maximum atomic E-state index is 13.0. The SMILES string of the molecule is CCOC(=O)c1ccsc1NC(=O)c1ccc(F)cc1Br. The third-order valence-corrected chi connectivity index (χ3v) is 4.05. The van der Waals surface area contributed by atoms with E-state index in [-0.39, 0.29) is 12.2 Å². The number of ether oxygens (including phenoxy) is 1. The van der Waals surface area contributed by atoms with Crippen molar-refractivity contribution >= 4 is 44.1 Å². The molecule has 2 rings (SSSR count). The molecule has 0 fully saturated rings. The van der Waals surface area contributed by atoms with Crippen LogP contribution < -0.4 is 5.32 Å². The van der Waals surface area contributed by atoms with E-state index >= 15 is 0 Å². The van der Waals surface area contributed by atoms with Gasteiger partial charge in [0.25, 0.3) is 5.91 Å². The van der Waals surface area contributed by atoms with Gasteiger partial charge in [0.05, 0.1) is 17.7 Å². The summed E-state index contributed by atoms with van der Waals surface area (Å²) in [7, 11) is 0. The van der Waals surface area contributed by atoms with Crippen molar-refractivity contribution in [3.8, 4) is 0 Å². The summed E-state index contributed by atoms with van der Waals surface area (Å²) in [6.45, 7) is 1.96. The van der Waals surface area contributed by atoms with E-state index in [1.54, 1.807) is 18.4 Å². The average Bonchev–Trinajstić information content (AvgIpc) is 2.87. The predicted molar refractivity (Wildman–Crippen MR) is 82.3 cm³/mol. The molecule has 0 saturated carbocycles. The first-order valence-electron chi connectivity index (χ1n) is 6.04. The number of benzene rings is 1. The van der Waals surface area contributed by atoms with Gasteiger partial charge in [-0.15, -0.1) is 11.3 Å². The third-order valence-electron chi connectivity index (χ3n) is 2.56. The minimum absolute atomic E-state index is 0.256. The Labute approximate surface area is 133 Å². The maximum absolute atomic E-state index is 13.0. The summed E-state index contributed by atoms with van der Waals surface area (Å²) in [6, 6.07) is 5.35. The highest BCUT2D eigenvalue weighted by Crippen LogP contribution is 2.26. The first-order chi connectivity index (χ1) is 10.0. The van der Waals surface area contributed by atoms with E-state index in [1.807, 2.05) is 0 Å². The molecular weight excluding hydrogens is 361 g/mol. The van der Waals surface area contributed by atoms with Gasteiger partial charge in [-0.1, -0.05) is 0 Å². The maximum Gasteiger partial charge on any atom is 0.341 e. The predicted octanol–water partition coefficient (Wildman–Crippen LogP) is 4.08. The van der Waals surface area contributed by atoms with Gasteiger partial charge in [0.2, 0.25) is 0 Å². The van der Waals surface area contributed by atoms with Crippen LogP contribution in [0.2, 0.25) is 0 Å². The highest BCUT2D eigenvalue weighted by Gasteiger charge is 2.18. The molecule has 110 valence electrons. The number of amides is 1. The van der Waals surface area contributed by atoms with Crippen LogP contribution in [-0.2, 0) is 4.74 Å². The Balaban J connectivity index is 2.20. The third kappa shape index (κ3) is 3.68. The highest BCUT2D eigenvalue weighted by atomic mass is 79.9. The van der Waals surface area contributed by atoms with Crippen LogP contribution in [0.25, 0.3) is 0 Å². The van der Waals surface area contributed by atoms with Crippen LogP contribution >= 0.6 is 27.3 Å². The molecule has 21 heavy (non-hydrogen) atoms. The van der Waals surface area contributed by atoms with E-state index in [0.717, 1.165) is 0 Å². The molecule has 0 saturated heterocycles. The summed E-state index contributed by atoms with van der Waals surface area (Å²) in [6.07, 6.45) is 0. The lowest BCUT2D eigenvalue weighted by Crippen LogP contribution is -2.14. The second kappa shape index (κ2) is 6.82. The highest BCUT2D eigenvalue weighted by molar-refractivity contribution is 9.10. The van der Waals surface area contributed by atoms with Gasteiger partial charge in [-0.3, -0.25) is 4.79 Å². The molecule has 1 aromatic heterocycles. The Hall–Kier alpha value is -1.73. The average molecular weight is 372 g/mol. The molecular formula is C14H11BrFNO3S. The van der Waals surface area contributed by atoms with Gasteiger partial charge in [-0.2, -0.15) is 0 Å². The van der Waals surface area contributed by atoms with Gasteiger partial charge >= 0.3 is 5.97 Å². The fraction of sp³-hybridized carbons (Fsp3) is 0.143. The van der Waals surface area contributed by atoms with E-state index in [9.17, 15) is 14.0 Å². The molecule has 1 amide bonds. The Bertz CT molecular complexity index is 687. The first kappa shape index (κ1) is 15.7. The molecule has 0 aliphatic carbocycles. The van der Waals surface area contributed by atoms with Crippen LogP contribution in [0.5, 0.6) is 0 Å². The number of hydrogen-bond acceptors (Lipinski definition) is 4. The number of thiophene rings is 1. The molecule has 0 atom stereocenters. The number of carbonyl (C=O) groups is 2. The second-order valence-corrected chi connectivity index (χ2v) is 5.73. The minimum Gasteiger partial charge on any atom is -0.462 e. The lowest BCUT2D eigenvalue weighted by molar-refractivity contribution is 0.0528. The molecule has 4 nitrogen and oxygen atoms in total. The molecule has 0 radical (unpaired) electrons. The Morgan fingerprint density at radius 2 is 2.10 bits per heavy atom.